The van der Waals surface area contributed by atoms with Gasteiger partial charge in [0.25, 0.3) is 0 Å². The van der Waals surface area contributed by atoms with Crippen LogP contribution in [0.3, 0.4) is 0 Å². The van der Waals surface area contributed by atoms with Crippen molar-refractivity contribution in [3.63, 3.8) is 0 Å². The molecule has 2 N–H and O–H groups in total. The van der Waals surface area contributed by atoms with E-state index in [-0.39, 0.29) is 12.6 Å². The van der Waals surface area contributed by atoms with E-state index in [1.165, 1.54) is 19.3 Å². The van der Waals surface area contributed by atoms with Crippen LogP contribution in [0, 0.1) is 11.8 Å². The zero-order valence-electron chi connectivity index (χ0n) is 11.9. The minimum absolute atomic E-state index is 0.180. The fraction of sp³-hybridized carbons (Fsp3) is 0.500. The molecule has 5 nitrogen and oxygen atoms in total. The van der Waals surface area contributed by atoms with Crippen molar-refractivity contribution < 1.29 is 14.7 Å². The van der Waals surface area contributed by atoms with Gasteiger partial charge in [-0.2, -0.15) is 0 Å². The van der Waals surface area contributed by atoms with Crippen molar-refractivity contribution in [3.05, 3.63) is 29.8 Å². The molecule has 0 bridgehead atoms. The number of nitrogens with zero attached hydrogens (tertiary/aromatic N) is 1. The van der Waals surface area contributed by atoms with E-state index in [2.05, 4.69) is 5.32 Å². The summed E-state index contributed by atoms with van der Waals surface area (Å²) >= 11 is 0. The summed E-state index contributed by atoms with van der Waals surface area (Å²) in [5.74, 6) is -0.792. The Hall–Kier alpha value is -2.04. The first-order valence-electron chi connectivity index (χ1n) is 7.51. The Morgan fingerprint density at radius 2 is 2.05 bits per heavy atom. The van der Waals surface area contributed by atoms with E-state index in [9.17, 15) is 14.7 Å². The number of anilines is 1. The van der Waals surface area contributed by atoms with E-state index in [0.717, 1.165) is 11.3 Å². The number of benzene rings is 1. The van der Waals surface area contributed by atoms with Crippen LogP contribution in [0.15, 0.2) is 24.3 Å². The third-order valence-electron chi connectivity index (χ3n) is 4.51. The smallest absolute Gasteiger partial charge is 0.321 e. The Labute approximate surface area is 123 Å². The topological polar surface area (TPSA) is 69.6 Å². The molecule has 1 aliphatic heterocycles. The van der Waals surface area contributed by atoms with Gasteiger partial charge in [-0.25, -0.2) is 4.79 Å². The minimum atomic E-state index is -0.846. The molecule has 1 aromatic rings. The fourth-order valence-corrected chi connectivity index (χ4v) is 2.98. The summed E-state index contributed by atoms with van der Waals surface area (Å²) in [6, 6.07) is 7.37. The number of amides is 2. The maximum atomic E-state index is 12.4. The summed E-state index contributed by atoms with van der Waals surface area (Å²) in [6.07, 6.45) is 4.08. The number of nitrogens with one attached hydrogen (secondary N) is 1. The highest BCUT2D eigenvalue weighted by Crippen LogP contribution is 2.30. The number of carbonyl (C=O) groups excluding carboxylic acids is 1. The van der Waals surface area contributed by atoms with E-state index in [0.29, 0.717) is 18.9 Å². The monoisotopic (exact) mass is 288 g/mol. The number of fused-ring (bicyclic) bond motifs is 1. The van der Waals surface area contributed by atoms with Crippen LogP contribution in [0.25, 0.3) is 0 Å². The molecule has 2 amide bonds. The van der Waals surface area contributed by atoms with Gasteiger partial charge in [0.05, 0.1) is 5.92 Å². The van der Waals surface area contributed by atoms with Gasteiger partial charge in [-0.05, 0) is 36.8 Å². The Balaban J connectivity index is 1.75. The van der Waals surface area contributed by atoms with Gasteiger partial charge in [0.1, 0.15) is 0 Å². The summed E-state index contributed by atoms with van der Waals surface area (Å²) in [5, 5.41) is 12.2. The standard InChI is InChI=1S/C16H20N2O3/c19-15(20)13-8-12-6-1-2-7-14(12)18(10-13)16(21)17-9-11-4-3-5-11/h1-2,6-7,11,13H,3-5,8-10H2,(H,17,21)(H,19,20). The molecule has 1 unspecified atom stereocenters. The van der Waals surface area contributed by atoms with Gasteiger partial charge in [-0.1, -0.05) is 24.6 Å². The van der Waals surface area contributed by atoms with E-state index < -0.39 is 11.9 Å². The molecule has 0 radical (unpaired) electrons. The second kappa shape index (κ2) is 5.76. The molecule has 2 aliphatic rings. The Morgan fingerprint density at radius 1 is 1.29 bits per heavy atom. The average Bonchev–Trinajstić information content (AvgIpc) is 2.44. The molecule has 21 heavy (non-hydrogen) atoms. The first-order chi connectivity index (χ1) is 10.1. The zero-order chi connectivity index (χ0) is 14.8. The number of carbonyl (C=O) groups is 2. The van der Waals surface area contributed by atoms with Crippen molar-refractivity contribution >= 4 is 17.7 Å². The first-order valence-corrected chi connectivity index (χ1v) is 7.51. The van der Waals surface area contributed by atoms with Gasteiger partial charge in [-0.3, -0.25) is 9.69 Å². The first kappa shape index (κ1) is 13.9. The molecule has 1 saturated carbocycles. The number of hydrogen-bond donors (Lipinski definition) is 2. The molecular formula is C16H20N2O3. The predicted octanol–water partition coefficient (Wildman–Crippen LogP) is 2.26. The molecule has 1 fully saturated rings. The summed E-state index contributed by atoms with van der Waals surface area (Å²) in [4.78, 5) is 25.3. The van der Waals surface area contributed by atoms with Crippen LogP contribution in [0.1, 0.15) is 24.8 Å². The molecule has 3 rings (SSSR count). The van der Waals surface area contributed by atoms with Crippen molar-refractivity contribution in [2.45, 2.75) is 25.7 Å². The highest BCUT2D eigenvalue weighted by atomic mass is 16.4. The summed E-state index contributed by atoms with van der Waals surface area (Å²) in [5.41, 5.74) is 1.76. The molecule has 1 atom stereocenters. The maximum absolute atomic E-state index is 12.4. The summed E-state index contributed by atoms with van der Waals surface area (Å²) < 4.78 is 0. The maximum Gasteiger partial charge on any atom is 0.321 e. The van der Waals surface area contributed by atoms with E-state index in [4.69, 9.17) is 0 Å². The van der Waals surface area contributed by atoms with Crippen LogP contribution < -0.4 is 10.2 Å². The Morgan fingerprint density at radius 3 is 2.71 bits per heavy atom. The largest absolute Gasteiger partial charge is 0.481 e. The third-order valence-corrected chi connectivity index (χ3v) is 4.51. The number of carboxylic acid groups (broad SMARTS) is 1. The Kier molecular flexibility index (Phi) is 3.82. The lowest BCUT2D eigenvalue weighted by atomic mass is 9.85. The average molecular weight is 288 g/mol. The van der Waals surface area contributed by atoms with Crippen LogP contribution >= 0.6 is 0 Å². The second-order valence-electron chi connectivity index (χ2n) is 5.96. The second-order valence-corrected chi connectivity index (χ2v) is 5.96. The molecule has 0 saturated heterocycles. The normalized spacial score (nSPS) is 21.3. The fourth-order valence-electron chi connectivity index (χ4n) is 2.98. The molecule has 5 heteroatoms. The minimum Gasteiger partial charge on any atom is -0.481 e. The number of para-hydroxylation sites is 1. The Bertz CT molecular complexity index is 554. The van der Waals surface area contributed by atoms with Crippen LogP contribution in [-0.4, -0.2) is 30.2 Å². The quantitative estimate of drug-likeness (QED) is 0.896. The molecule has 0 spiro atoms. The van der Waals surface area contributed by atoms with Crippen molar-refractivity contribution in [1.29, 1.82) is 0 Å². The van der Waals surface area contributed by atoms with Crippen LogP contribution in [0.4, 0.5) is 10.5 Å². The van der Waals surface area contributed by atoms with E-state index in [1.54, 1.807) is 4.90 Å². The predicted molar refractivity (Wildman–Crippen MR) is 79.4 cm³/mol. The molecule has 1 heterocycles. The van der Waals surface area contributed by atoms with Crippen molar-refractivity contribution in [2.75, 3.05) is 18.0 Å². The molecule has 112 valence electrons. The molecule has 0 aromatic heterocycles. The highest BCUT2D eigenvalue weighted by molar-refractivity contribution is 5.94. The van der Waals surface area contributed by atoms with Crippen LogP contribution in [0.2, 0.25) is 0 Å². The number of rotatable bonds is 3. The van der Waals surface area contributed by atoms with Gasteiger partial charge in [0.15, 0.2) is 0 Å². The molecule has 1 aromatic carbocycles. The van der Waals surface area contributed by atoms with Gasteiger partial charge >= 0.3 is 12.0 Å². The lowest BCUT2D eigenvalue weighted by molar-refractivity contribution is -0.141. The highest BCUT2D eigenvalue weighted by Gasteiger charge is 2.32. The van der Waals surface area contributed by atoms with Crippen LogP contribution in [0.5, 0.6) is 0 Å². The number of urea groups is 1. The van der Waals surface area contributed by atoms with Crippen LogP contribution in [-0.2, 0) is 11.2 Å². The lowest BCUT2D eigenvalue weighted by Gasteiger charge is -2.34. The van der Waals surface area contributed by atoms with Gasteiger partial charge in [0.2, 0.25) is 0 Å². The van der Waals surface area contributed by atoms with Crippen molar-refractivity contribution in [3.8, 4) is 0 Å². The van der Waals surface area contributed by atoms with E-state index >= 15 is 0 Å². The number of hydrogen-bond acceptors (Lipinski definition) is 2. The number of carboxylic acids is 1. The molecular weight excluding hydrogens is 268 g/mol. The zero-order valence-corrected chi connectivity index (χ0v) is 11.9. The van der Waals surface area contributed by atoms with E-state index in [1.807, 2.05) is 24.3 Å². The SMILES string of the molecule is O=C(O)C1Cc2ccccc2N(C(=O)NCC2CCC2)C1. The van der Waals surface area contributed by atoms with Gasteiger partial charge in [-0.15, -0.1) is 0 Å². The van der Waals surface area contributed by atoms with Gasteiger partial charge < -0.3 is 10.4 Å². The number of aliphatic carboxylic acids is 1. The third kappa shape index (κ3) is 2.86. The van der Waals surface area contributed by atoms with Gasteiger partial charge in [0, 0.05) is 18.8 Å². The summed E-state index contributed by atoms with van der Waals surface area (Å²) in [7, 11) is 0. The molecule has 1 aliphatic carbocycles. The summed E-state index contributed by atoms with van der Waals surface area (Å²) in [6.45, 7) is 0.929. The lowest BCUT2D eigenvalue weighted by Crippen LogP contribution is -2.48. The van der Waals surface area contributed by atoms with Crippen molar-refractivity contribution in [1.82, 2.24) is 5.32 Å². The van der Waals surface area contributed by atoms with Crippen molar-refractivity contribution in [2.24, 2.45) is 11.8 Å².